The Bertz CT molecular complexity index is 663. The maximum Gasteiger partial charge on any atom is 0.317 e. The molecule has 1 aromatic carbocycles. The zero-order valence-electron chi connectivity index (χ0n) is 12.7. The highest BCUT2D eigenvalue weighted by Crippen LogP contribution is 2.30. The van der Waals surface area contributed by atoms with Crippen molar-refractivity contribution in [3.05, 3.63) is 36.5 Å². The molecule has 2 aromatic rings. The minimum atomic E-state index is -0.751. The largest absolute Gasteiger partial charge is 0.480 e. The number of carbonyl (C=O) groups is 1. The van der Waals surface area contributed by atoms with Crippen molar-refractivity contribution in [1.82, 2.24) is 9.88 Å². The van der Waals surface area contributed by atoms with Crippen LogP contribution in [-0.2, 0) is 4.79 Å². The molecule has 1 fully saturated rings. The van der Waals surface area contributed by atoms with Crippen LogP contribution in [0.2, 0.25) is 0 Å². The molecule has 0 amide bonds. The van der Waals surface area contributed by atoms with Crippen LogP contribution in [0.3, 0.4) is 0 Å². The summed E-state index contributed by atoms with van der Waals surface area (Å²) < 4.78 is 0. The monoisotopic (exact) mass is 299 g/mol. The molecular weight excluding hydrogens is 278 g/mol. The summed E-state index contributed by atoms with van der Waals surface area (Å²) in [5.74, 6) is -0.751. The van der Waals surface area contributed by atoms with Gasteiger partial charge in [0.25, 0.3) is 0 Å². The molecule has 0 radical (unpaired) electrons. The molecule has 3 rings (SSSR count). The number of nitrogens with one attached hydrogen (secondary N) is 1. The smallest absolute Gasteiger partial charge is 0.317 e. The lowest BCUT2D eigenvalue weighted by Gasteiger charge is -2.42. The molecule has 1 saturated carbocycles. The first-order chi connectivity index (χ1) is 10.7. The Labute approximate surface area is 130 Å². The van der Waals surface area contributed by atoms with E-state index in [0.29, 0.717) is 12.1 Å². The fraction of sp³-hybridized carbons (Fsp3) is 0.412. The Morgan fingerprint density at radius 2 is 2.14 bits per heavy atom. The van der Waals surface area contributed by atoms with Gasteiger partial charge in [0.2, 0.25) is 0 Å². The highest BCUT2D eigenvalue weighted by atomic mass is 16.4. The van der Waals surface area contributed by atoms with Crippen molar-refractivity contribution in [3.8, 4) is 0 Å². The normalized spacial score (nSPS) is 20.8. The Morgan fingerprint density at radius 3 is 2.86 bits per heavy atom. The van der Waals surface area contributed by atoms with Gasteiger partial charge >= 0.3 is 5.97 Å². The SMILES string of the molecule is CCN(CC(=O)O)C1CC(Nc2ccnc3ccccc23)C1. The molecule has 0 unspecified atom stereocenters. The van der Waals surface area contributed by atoms with Crippen molar-refractivity contribution < 1.29 is 9.90 Å². The average molecular weight is 299 g/mol. The van der Waals surface area contributed by atoms with Gasteiger partial charge in [-0.1, -0.05) is 25.1 Å². The number of hydrogen-bond acceptors (Lipinski definition) is 4. The van der Waals surface area contributed by atoms with E-state index in [1.54, 1.807) is 0 Å². The van der Waals surface area contributed by atoms with Crippen LogP contribution in [0.5, 0.6) is 0 Å². The van der Waals surface area contributed by atoms with E-state index in [2.05, 4.69) is 16.4 Å². The lowest BCUT2D eigenvalue weighted by atomic mass is 9.85. The van der Waals surface area contributed by atoms with E-state index in [9.17, 15) is 4.79 Å². The van der Waals surface area contributed by atoms with Crippen LogP contribution < -0.4 is 5.32 Å². The predicted octanol–water partition coefficient (Wildman–Crippen LogP) is 2.58. The summed E-state index contributed by atoms with van der Waals surface area (Å²) >= 11 is 0. The number of para-hydroxylation sites is 1. The third-order valence-corrected chi connectivity index (χ3v) is 4.38. The number of pyridine rings is 1. The first-order valence-electron chi connectivity index (χ1n) is 7.73. The van der Waals surface area contributed by atoms with Crippen LogP contribution in [0.15, 0.2) is 36.5 Å². The Morgan fingerprint density at radius 1 is 1.36 bits per heavy atom. The molecule has 5 heteroatoms. The molecule has 1 aromatic heterocycles. The van der Waals surface area contributed by atoms with Gasteiger partial charge in [0.15, 0.2) is 0 Å². The topological polar surface area (TPSA) is 65.5 Å². The van der Waals surface area contributed by atoms with E-state index >= 15 is 0 Å². The first kappa shape index (κ1) is 14.8. The zero-order valence-corrected chi connectivity index (χ0v) is 12.7. The van der Waals surface area contributed by atoms with Gasteiger partial charge in [-0.15, -0.1) is 0 Å². The summed E-state index contributed by atoms with van der Waals surface area (Å²) in [4.78, 5) is 17.3. The molecule has 5 nitrogen and oxygen atoms in total. The van der Waals surface area contributed by atoms with Gasteiger partial charge in [0, 0.05) is 29.4 Å². The lowest BCUT2D eigenvalue weighted by molar-refractivity contribution is -0.139. The van der Waals surface area contributed by atoms with Gasteiger partial charge in [0.1, 0.15) is 0 Å². The third kappa shape index (κ3) is 3.04. The maximum absolute atomic E-state index is 10.9. The van der Waals surface area contributed by atoms with Crippen LogP contribution in [-0.4, -0.2) is 46.1 Å². The Hall–Kier alpha value is -2.14. The molecule has 1 heterocycles. The van der Waals surface area contributed by atoms with E-state index in [1.807, 2.05) is 42.3 Å². The van der Waals surface area contributed by atoms with Crippen LogP contribution in [0.4, 0.5) is 5.69 Å². The number of benzene rings is 1. The number of carboxylic acid groups (broad SMARTS) is 1. The summed E-state index contributed by atoms with van der Waals surface area (Å²) in [6.07, 6.45) is 3.79. The van der Waals surface area contributed by atoms with Gasteiger partial charge < -0.3 is 10.4 Å². The predicted molar refractivity (Wildman–Crippen MR) is 87.1 cm³/mol. The number of hydrogen-bond donors (Lipinski definition) is 2. The second kappa shape index (κ2) is 6.32. The average Bonchev–Trinajstić information content (AvgIpc) is 2.48. The molecule has 0 atom stereocenters. The molecule has 2 N–H and O–H groups in total. The lowest BCUT2D eigenvalue weighted by Crippen LogP contribution is -2.51. The molecule has 1 aliphatic rings. The number of carboxylic acids is 1. The Kier molecular flexibility index (Phi) is 4.24. The van der Waals surface area contributed by atoms with E-state index < -0.39 is 5.97 Å². The van der Waals surface area contributed by atoms with Gasteiger partial charge in [-0.2, -0.15) is 0 Å². The number of anilines is 1. The fourth-order valence-electron chi connectivity index (χ4n) is 3.12. The van der Waals surface area contributed by atoms with Crippen molar-refractivity contribution in [2.75, 3.05) is 18.4 Å². The summed E-state index contributed by atoms with van der Waals surface area (Å²) in [5.41, 5.74) is 2.10. The molecule has 0 aliphatic heterocycles. The van der Waals surface area contributed by atoms with Crippen LogP contribution >= 0.6 is 0 Å². The standard InChI is InChI=1S/C17H21N3O2/c1-2-20(11-17(21)22)13-9-12(10-13)19-16-7-8-18-15-6-4-3-5-14(15)16/h3-8,12-13H,2,9-11H2,1H3,(H,18,19)(H,21,22). The first-order valence-corrected chi connectivity index (χ1v) is 7.73. The van der Waals surface area contributed by atoms with E-state index in [4.69, 9.17) is 5.11 Å². The zero-order chi connectivity index (χ0) is 15.5. The molecular formula is C17H21N3O2. The molecule has 22 heavy (non-hydrogen) atoms. The second-order valence-corrected chi connectivity index (χ2v) is 5.80. The molecule has 0 spiro atoms. The maximum atomic E-state index is 10.9. The number of aliphatic carboxylic acids is 1. The number of aromatic nitrogens is 1. The van der Waals surface area contributed by atoms with Gasteiger partial charge in [-0.25, -0.2) is 0 Å². The van der Waals surface area contributed by atoms with Crippen molar-refractivity contribution in [2.24, 2.45) is 0 Å². The quantitative estimate of drug-likeness (QED) is 0.858. The van der Waals surface area contributed by atoms with Crippen LogP contribution in [0.1, 0.15) is 19.8 Å². The number of likely N-dealkylation sites (N-methyl/N-ethyl adjacent to an activating group) is 1. The van der Waals surface area contributed by atoms with Crippen LogP contribution in [0, 0.1) is 0 Å². The second-order valence-electron chi connectivity index (χ2n) is 5.80. The summed E-state index contributed by atoms with van der Waals surface area (Å²) in [7, 11) is 0. The molecule has 116 valence electrons. The summed E-state index contributed by atoms with van der Waals surface area (Å²) in [6.45, 7) is 2.92. The number of rotatable bonds is 6. The van der Waals surface area contributed by atoms with Crippen molar-refractivity contribution >= 4 is 22.6 Å². The van der Waals surface area contributed by atoms with Crippen molar-refractivity contribution in [1.29, 1.82) is 0 Å². The number of fused-ring (bicyclic) bond motifs is 1. The minimum Gasteiger partial charge on any atom is -0.480 e. The fourth-order valence-corrected chi connectivity index (χ4v) is 3.12. The molecule has 0 saturated heterocycles. The molecule has 1 aliphatic carbocycles. The highest BCUT2D eigenvalue weighted by molar-refractivity contribution is 5.91. The Balaban J connectivity index is 1.63. The van der Waals surface area contributed by atoms with Gasteiger partial charge in [0.05, 0.1) is 12.1 Å². The minimum absolute atomic E-state index is 0.131. The third-order valence-electron chi connectivity index (χ3n) is 4.38. The highest BCUT2D eigenvalue weighted by Gasteiger charge is 2.33. The van der Waals surface area contributed by atoms with Crippen molar-refractivity contribution in [3.63, 3.8) is 0 Å². The van der Waals surface area contributed by atoms with E-state index in [1.165, 1.54) is 0 Å². The van der Waals surface area contributed by atoms with Gasteiger partial charge in [-0.3, -0.25) is 14.7 Å². The molecule has 0 bridgehead atoms. The summed E-state index contributed by atoms with van der Waals surface area (Å²) in [6, 6.07) is 10.9. The van der Waals surface area contributed by atoms with E-state index in [0.717, 1.165) is 36.0 Å². The number of nitrogens with zero attached hydrogens (tertiary/aromatic N) is 2. The van der Waals surface area contributed by atoms with Crippen molar-refractivity contribution in [2.45, 2.75) is 31.8 Å². The van der Waals surface area contributed by atoms with Crippen LogP contribution in [0.25, 0.3) is 10.9 Å². The van der Waals surface area contributed by atoms with Gasteiger partial charge in [-0.05, 0) is 31.5 Å². The van der Waals surface area contributed by atoms with E-state index in [-0.39, 0.29) is 6.54 Å². The summed E-state index contributed by atoms with van der Waals surface area (Å²) in [5, 5.41) is 13.6.